The highest BCUT2D eigenvalue weighted by Crippen LogP contribution is 2.13. The van der Waals surface area contributed by atoms with E-state index < -0.39 is 0 Å². The molecule has 0 saturated heterocycles. The number of aromatic nitrogens is 2. The molecule has 0 spiro atoms. The molecule has 0 bridgehead atoms. The lowest BCUT2D eigenvalue weighted by Gasteiger charge is -2.06. The van der Waals surface area contributed by atoms with Crippen LogP contribution in [0.4, 0.5) is 11.5 Å². The molecule has 0 fully saturated rings. The van der Waals surface area contributed by atoms with Crippen LogP contribution >= 0.6 is 0 Å². The van der Waals surface area contributed by atoms with Crippen molar-refractivity contribution in [2.75, 3.05) is 10.6 Å². The zero-order valence-corrected chi connectivity index (χ0v) is 12.1. The Bertz CT molecular complexity index is 631. The molecule has 0 radical (unpaired) electrons. The van der Waals surface area contributed by atoms with Gasteiger partial charge in [-0.05, 0) is 24.1 Å². The van der Waals surface area contributed by atoms with Crippen molar-refractivity contribution in [3.05, 3.63) is 41.6 Å². The summed E-state index contributed by atoms with van der Waals surface area (Å²) in [6.07, 6.45) is 2.78. The summed E-state index contributed by atoms with van der Waals surface area (Å²) in [7, 11) is 0. The van der Waals surface area contributed by atoms with Gasteiger partial charge in [-0.1, -0.05) is 19.1 Å². The fourth-order valence-corrected chi connectivity index (χ4v) is 1.97. The molecule has 3 N–H and O–H groups in total. The van der Waals surface area contributed by atoms with Crippen LogP contribution in [0.3, 0.4) is 0 Å². The van der Waals surface area contributed by atoms with Crippen LogP contribution in [0.5, 0.6) is 0 Å². The molecule has 6 heteroatoms. The molecule has 0 unspecified atom stereocenters. The molecule has 0 atom stereocenters. The maximum Gasteiger partial charge on any atom is 0.229 e. The van der Waals surface area contributed by atoms with Crippen molar-refractivity contribution in [3.8, 4) is 0 Å². The minimum atomic E-state index is -0.119. The maximum atomic E-state index is 12.0. The molecule has 2 amide bonds. The second-order valence-corrected chi connectivity index (χ2v) is 4.73. The van der Waals surface area contributed by atoms with Crippen LogP contribution in [0.2, 0.25) is 0 Å². The molecule has 1 aromatic heterocycles. The van der Waals surface area contributed by atoms with Gasteiger partial charge in [-0.25, -0.2) is 0 Å². The Morgan fingerprint density at radius 2 is 1.90 bits per heavy atom. The van der Waals surface area contributed by atoms with Crippen LogP contribution in [0.1, 0.15) is 25.0 Å². The van der Waals surface area contributed by atoms with Crippen molar-refractivity contribution in [2.24, 2.45) is 0 Å². The Labute approximate surface area is 122 Å². The third-order valence-electron chi connectivity index (χ3n) is 3.00. The minimum absolute atomic E-state index is 0.110. The van der Waals surface area contributed by atoms with E-state index in [0.717, 1.165) is 17.5 Å². The van der Waals surface area contributed by atoms with E-state index in [0.29, 0.717) is 11.5 Å². The number of rotatable bonds is 5. The van der Waals surface area contributed by atoms with E-state index in [1.807, 2.05) is 19.1 Å². The summed E-state index contributed by atoms with van der Waals surface area (Å²) in [6.45, 7) is 3.46. The average molecular weight is 286 g/mol. The number of hydrogen-bond acceptors (Lipinski definition) is 3. The van der Waals surface area contributed by atoms with E-state index in [-0.39, 0.29) is 18.2 Å². The van der Waals surface area contributed by atoms with Gasteiger partial charge in [0.2, 0.25) is 11.8 Å². The molecule has 0 saturated carbocycles. The first-order chi connectivity index (χ1) is 10.1. The molecule has 6 nitrogen and oxygen atoms in total. The van der Waals surface area contributed by atoms with Crippen LogP contribution in [0, 0.1) is 0 Å². The Morgan fingerprint density at radius 1 is 1.19 bits per heavy atom. The first-order valence-corrected chi connectivity index (χ1v) is 6.77. The monoisotopic (exact) mass is 286 g/mol. The smallest absolute Gasteiger partial charge is 0.229 e. The number of benzene rings is 1. The van der Waals surface area contributed by atoms with Crippen molar-refractivity contribution in [1.29, 1.82) is 0 Å². The lowest BCUT2D eigenvalue weighted by molar-refractivity contribution is -0.116. The van der Waals surface area contributed by atoms with Gasteiger partial charge in [-0.3, -0.25) is 14.7 Å². The van der Waals surface area contributed by atoms with Crippen molar-refractivity contribution in [2.45, 2.75) is 26.7 Å². The third-order valence-corrected chi connectivity index (χ3v) is 3.00. The van der Waals surface area contributed by atoms with Crippen LogP contribution < -0.4 is 10.6 Å². The summed E-state index contributed by atoms with van der Waals surface area (Å²) >= 11 is 0. The Kier molecular flexibility index (Phi) is 4.71. The van der Waals surface area contributed by atoms with Gasteiger partial charge in [0.05, 0.1) is 12.6 Å². The molecular formula is C15H18N4O2. The van der Waals surface area contributed by atoms with Gasteiger partial charge < -0.3 is 10.6 Å². The summed E-state index contributed by atoms with van der Waals surface area (Å²) in [6, 6.07) is 7.19. The van der Waals surface area contributed by atoms with E-state index in [4.69, 9.17) is 0 Å². The minimum Gasteiger partial charge on any atom is -0.326 e. The van der Waals surface area contributed by atoms with E-state index in [9.17, 15) is 9.59 Å². The van der Waals surface area contributed by atoms with Gasteiger partial charge in [-0.15, -0.1) is 0 Å². The number of nitrogens with one attached hydrogen (secondary N) is 3. The van der Waals surface area contributed by atoms with Gasteiger partial charge in [-0.2, -0.15) is 5.10 Å². The number of aromatic amines is 1. The first-order valence-electron chi connectivity index (χ1n) is 6.77. The Hall–Kier alpha value is -2.63. The molecule has 21 heavy (non-hydrogen) atoms. The summed E-state index contributed by atoms with van der Waals surface area (Å²) in [5.41, 5.74) is 2.57. The topological polar surface area (TPSA) is 86.9 Å². The molecule has 0 aliphatic carbocycles. The van der Waals surface area contributed by atoms with Crippen LogP contribution in [0.15, 0.2) is 30.5 Å². The number of nitrogens with zero attached hydrogens (tertiary/aromatic N) is 1. The lowest BCUT2D eigenvalue weighted by atomic mass is 10.1. The number of amides is 2. The second kappa shape index (κ2) is 6.69. The lowest BCUT2D eigenvalue weighted by Crippen LogP contribution is -2.15. The normalized spacial score (nSPS) is 10.2. The van der Waals surface area contributed by atoms with Crippen molar-refractivity contribution in [1.82, 2.24) is 10.2 Å². The van der Waals surface area contributed by atoms with Crippen LogP contribution in [-0.2, 0) is 22.4 Å². The van der Waals surface area contributed by atoms with Gasteiger partial charge in [0.15, 0.2) is 0 Å². The predicted octanol–water partition coefficient (Wildman–Crippen LogP) is 2.11. The highest BCUT2D eigenvalue weighted by atomic mass is 16.2. The number of hydrogen-bond donors (Lipinski definition) is 3. The highest BCUT2D eigenvalue weighted by molar-refractivity contribution is 5.92. The molecule has 2 aromatic rings. The fraction of sp³-hybridized carbons (Fsp3) is 0.267. The fourth-order valence-electron chi connectivity index (χ4n) is 1.97. The maximum absolute atomic E-state index is 12.0. The van der Waals surface area contributed by atoms with Crippen molar-refractivity contribution in [3.63, 3.8) is 0 Å². The summed E-state index contributed by atoms with van der Waals surface area (Å²) in [4.78, 5) is 22.9. The van der Waals surface area contributed by atoms with E-state index in [1.165, 1.54) is 6.92 Å². The summed E-state index contributed by atoms with van der Waals surface area (Å²) < 4.78 is 0. The zero-order valence-electron chi connectivity index (χ0n) is 12.1. The molecule has 2 rings (SSSR count). The molecule has 1 aromatic carbocycles. The average Bonchev–Trinajstić information content (AvgIpc) is 2.87. The second-order valence-electron chi connectivity index (χ2n) is 4.73. The molecule has 0 aliphatic rings. The van der Waals surface area contributed by atoms with Gasteiger partial charge in [0, 0.05) is 18.2 Å². The van der Waals surface area contributed by atoms with Gasteiger partial charge in [0.25, 0.3) is 0 Å². The Morgan fingerprint density at radius 3 is 2.52 bits per heavy atom. The van der Waals surface area contributed by atoms with Crippen LogP contribution in [0.25, 0.3) is 0 Å². The molecule has 110 valence electrons. The molecular weight excluding hydrogens is 268 g/mol. The molecule has 0 aliphatic heterocycles. The predicted molar refractivity (Wildman–Crippen MR) is 81.0 cm³/mol. The van der Waals surface area contributed by atoms with Gasteiger partial charge >= 0.3 is 0 Å². The SMILES string of the molecule is CCc1cn[nH]c1NC(=O)Cc1ccc(NC(C)=O)cc1. The zero-order chi connectivity index (χ0) is 15.2. The van der Waals surface area contributed by atoms with Crippen LogP contribution in [-0.4, -0.2) is 22.0 Å². The molecule has 1 heterocycles. The highest BCUT2D eigenvalue weighted by Gasteiger charge is 2.08. The summed E-state index contributed by atoms with van der Waals surface area (Å²) in [5.74, 6) is 0.422. The summed E-state index contributed by atoms with van der Waals surface area (Å²) in [5, 5.41) is 12.2. The van der Waals surface area contributed by atoms with E-state index in [2.05, 4.69) is 20.8 Å². The number of carbonyl (C=O) groups excluding carboxylic acids is 2. The number of aryl methyl sites for hydroxylation is 1. The quantitative estimate of drug-likeness (QED) is 0.786. The van der Waals surface area contributed by atoms with Gasteiger partial charge in [0.1, 0.15) is 5.82 Å². The van der Waals surface area contributed by atoms with E-state index in [1.54, 1.807) is 18.3 Å². The van der Waals surface area contributed by atoms with Crippen molar-refractivity contribution >= 4 is 23.3 Å². The number of anilines is 2. The van der Waals surface area contributed by atoms with E-state index >= 15 is 0 Å². The third kappa shape index (κ3) is 4.17. The Balaban J connectivity index is 1.95. The number of carbonyl (C=O) groups is 2. The first kappa shape index (κ1) is 14.8. The largest absolute Gasteiger partial charge is 0.326 e. The standard InChI is InChI=1S/C15H18N4O2/c1-3-12-9-16-19-15(12)18-14(21)8-11-4-6-13(7-5-11)17-10(2)20/h4-7,9H,3,8H2,1-2H3,(H,17,20)(H2,16,18,19,21). The van der Waals surface area contributed by atoms with Crippen molar-refractivity contribution < 1.29 is 9.59 Å². The number of H-pyrrole nitrogens is 1.